The summed E-state index contributed by atoms with van der Waals surface area (Å²) in [6, 6.07) is 0.272. The monoisotopic (exact) mass is 357 g/mol. The second kappa shape index (κ2) is 7.25. The summed E-state index contributed by atoms with van der Waals surface area (Å²) in [5.41, 5.74) is 1.26. The van der Waals surface area contributed by atoms with E-state index in [4.69, 9.17) is 4.74 Å². The number of nitrogens with one attached hydrogen (secondary N) is 1. The van der Waals surface area contributed by atoms with Crippen molar-refractivity contribution in [2.24, 2.45) is 11.8 Å². The summed E-state index contributed by atoms with van der Waals surface area (Å²) < 4.78 is 9.30. The molecule has 2 heterocycles. The van der Waals surface area contributed by atoms with E-state index in [1.807, 2.05) is 6.20 Å². The minimum Gasteiger partial charge on any atom is -0.375 e. The highest BCUT2D eigenvalue weighted by atomic mass is 79.9. The molecule has 1 aromatic rings. The predicted octanol–water partition coefficient (Wildman–Crippen LogP) is 3.77. The lowest BCUT2D eigenvalue weighted by atomic mass is 9.82. The minimum atomic E-state index is 0.260. The van der Waals surface area contributed by atoms with Gasteiger partial charge < -0.3 is 10.1 Å². The van der Waals surface area contributed by atoms with Crippen LogP contribution in [0.1, 0.15) is 52.8 Å². The first-order valence-corrected chi connectivity index (χ1v) is 8.90. The van der Waals surface area contributed by atoms with Crippen LogP contribution in [0.4, 0.5) is 0 Å². The van der Waals surface area contributed by atoms with Crippen LogP contribution in [0.3, 0.4) is 0 Å². The quantitative estimate of drug-likeness (QED) is 0.842. The van der Waals surface area contributed by atoms with Gasteiger partial charge in [0, 0.05) is 12.5 Å². The van der Waals surface area contributed by atoms with Gasteiger partial charge in [0.25, 0.3) is 0 Å². The van der Waals surface area contributed by atoms with E-state index in [2.05, 4.69) is 65.6 Å². The van der Waals surface area contributed by atoms with Gasteiger partial charge in [0.15, 0.2) is 0 Å². The fourth-order valence-corrected chi connectivity index (χ4v) is 4.12. The predicted molar refractivity (Wildman–Crippen MR) is 89.3 cm³/mol. The van der Waals surface area contributed by atoms with Gasteiger partial charge in [0.2, 0.25) is 0 Å². The molecule has 5 unspecified atom stereocenters. The van der Waals surface area contributed by atoms with Crippen LogP contribution in [0.2, 0.25) is 0 Å². The van der Waals surface area contributed by atoms with Gasteiger partial charge in [-0.15, -0.1) is 0 Å². The SMILES string of the molecule is CCCn1ncc(Br)c1C(NCC)C1C(C)OC(C)C1C. The van der Waals surface area contributed by atoms with Gasteiger partial charge in [-0.2, -0.15) is 5.10 Å². The number of nitrogens with zero attached hydrogens (tertiary/aromatic N) is 2. The Hall–Kier alpha value is -0.390. The van der Waals surface area contributed by atoms with Crippen molar-refractivity contribution in [3.8, 4) is 0 Å². The van der Waals surface area contributed by atoms with E-state index in [0.717, 1.165) is 24.0 Å². The lowest BCUT2D eigenvalue weighted by Gasteiger charge is -2.30. The highest BCUT2D eigenvalue weighted by Gasteiger charge is 2.43. The highest BCUT2D eigenvalue weighted by Crippen LogP contribution is 2.42. The molecule has 0 aliphatic carbocycles. The van der Waals surface area contributed by atoms with Crippen molar-refractivity contribution in [1.29, 1.82) is 0 Å². The van der Waals surface area contributed by atoms with E-state index in [-0.39, 0.29) is 12.1 Å². The van der Waals surface area contributed by atoms with Crippen LogP contribution in [0.15, 0.2) is 10.7 Å². The average molecular weight is 358 g/mol. The first-order chi connectivity index (χ1) is 10.0. The Labute approximate surface area is 136 Å². The van der Waals surface area contributed by atoms with Crippen molar-refractivity contribution in [3.63, 3.8) is 0 Å². The van der Waals surface area contributed by atoms with Gasteiger partial charge in [-0.25, -0.2) is 0 Å². The summed E-state index contributed by atoms with van der Waals surface area (Å²) in [4.78, 5) is 0. The van der Waals surface area contributed by atoms with Crippen molar-refractivity contribution >= 4 is 15.9 Å². The minimum absolute atomic E-state index is 0.260. The van der Waals surface area contributed by atoms with Crippen LogP contribution < -0.4 is 5.32 Å². The molecule has 5 atom stereocenters. The molecule has 0 amide bonds. The highest BCUT2D eigenvalue weighted by molar-refractivity contribution is 9.10. The number of rotatable bonds is 6. The Morgan fingerprint density at radius 2 is 2.05 bits per heavy atom. The molecule has 0 saturated carbocycles. The molecule has 21 heavy (non-hydrogen) atoms. The van der Waals surface area contributed by atoms with Gasteiger partial charge in [-0.1, -0.05) is 20.8 Å². The Morgan fingerprint density at radius 3 is 2.57 bits per heavy atom. The van der Waals surface area contributed by atoms with Gasteiger partial charge in [0.05, 0.1) is 34.6 Å². The molecule has 0 radical (unpaired) electrons. The smallest absolute Gasteiger partial charge is 0.0699 e. The molecule has 1 aromatic heterocycles. The number of aryl methyl sites for hydroxylation is 1. The van der Waals surface area contributed by atoms with Crippen LogP contribution in [-0.2, 0) is 11.3 Å². The molecule has 5 heteroatoms. The van der Waals surface area contributed by atoms with Crippen molar-refractivity contribution in [2.45, 2.75) is 65.8 Å². The van der Waals surface area contributed by atoms with Gasteiger partial charge in [-0.3, -0.25) is 4.68 Å². The maximum absolute atomic E-state index is 6.07. The van der Waals surface area contributed by atoms with E-state index in [1.54, 1.807) is 0 Å². The zero-order valence-electron chi connectivity index (χ0n) is 13.8. The van der Waals surface area contributed by atoms with Crippen LogP contribution in [0, 0.1) is 11.8 Å². The van der Waals surface area contributed by atoms with Gasteiger partial charge >= 0.3 is 0 Å². The summed E-state index contributed by atoms with van der Waals surface area (Å²) in [5, 5.41) is 8.22. The third-order valence-electron chi connectivity index (χ3n) is 4.69. The lowest BCUT2D eigenvalue weighted by Crippen LogP contribution is -2.36. The molecule has 1 aliphatic rings. The summed E-state index contributed by atoms with van der Waals surface area (Å²) in [6.07, 6.45) is 3.58. The third kappa shape index (κ3) is 3.35. The standard InChI is InChI=1S/C16H28BrN3O/c1-6-8-20-16(13(17)9-19-20)15(18-7-2)14-10(3)11(4)21-12(14)5/h9-12,14-15,18H,6-8H2,1-5H3. The molecule has 0 aromatic carbocycles. The van der Waals surface area contributed by atoms with E-state index >= 15 is 0 Å². The van der Waals surface area contributed by atoms with Crippen LogP contribution in [0.25, 0.3) is 0 Å². The Kier molecular flexibility index (Phi) is 5.86. The molecule has 1 saturated heterocycles. The molecule has 1 aliphatic heterocycles. The van der Waals surface area contributed by atoms with Crippen LogP contribution in [-0.4, -0.2) is 28.5 Å². The van der Waals surface area contributed by atoms with E-state index in [9.17, 15) is 0 Å². The normalized spacial score (nSPS) is 30.8. The number of ether oxygens (including phenoxy) is 1. The first-order valence-electron chi connectivity index (χ1n) is 8.11. The number of hydrogen-bond acceptors (Lipinski definition) is 3. The van der Waals surface area contributed by atoms with Gasteiger partial charge in [0.1, 0.15) is 0 Å². The van der Waals surface area contributed by atoms with Gasteiger partial charge in [-0.05, 0) is 48.7 Å². The average Bonchev–Trinajstić information content (AvgIpc) is 2.90. The van der Waals surface area contributed by atoms with Crippen LogP contribution >= 0.6 is 15.9 Å². The van der Waals surface area contributed by atoms with E-state index in [0.29, 0.717) is 17.9 Å². The number of aromatic nitrogens is 2. The number of hydrogen-bond donors (Lipinski definition) is 1. The summed E-state index contributed by atoms with van der Waals surface area (Å²) >= 11 is 3.70. The molecule has 0 bridgehead atoms. The molecular formula is C16H28BrN3O. The largest absolute Gasteiger partial charge is 0.375 e. The number of halogens is 1. The topological polar surface area (TPSA) is 39.1 Å². The maximum Gasteiger partial charge on any atom is 0.0699 e. The zero-order chi connectivity index (χ0) is 15.6. The van der Waals surface area contributed by atoms with Crippen LogP contribution in [0.5, 0.6) is 0 Å². The summed E-state index contributed by atoms with van der Waals surface area (Å²) in [5.74, 6) is 0.990. The maximum atomic E-state index is 6.07. The lowest BCUT2D eigenvalue weighted by molar-refractivity contribution is 0.0471. The second-order valence-electron chi connectivity index (χ2n) is 6.12. The Bertz CT molecular complexity index is 462. The van der Waals surface area contributed by atoms with E-state index < -0.39 is 0 Å². The molecule has 4 nitrogen and oxygen atoms in total. The molecule has 2 rings (SSSR count). The van der Waals surface area contributed by atoms with Crippen molar-refractivity contribution in [2.75, 3.05) is 6.54 Å². The van der Waals surface area contributed by atoms with Crippen molar-refractivity contribution in [3.05, 3.63) is 16.4 Å². The third-order valence-corrected chi connectivity index (χ3v) is 5.30. The Morgan fingerprint density at radius 1 is 1.33 bits per heavy atom. The van der Waals surface area contributed by atoms with Crippen molar-refractivity contribution in [1.82, 2.24) is 15.1 Å². The molecule has 120 valence electrons. The first kappa shape index (κ1) is 17.0. The molecular weight excluding hydrogens is 330 g/mol. The zero-order valence-corrected chi connectivity index (χ0v) is 15.4. The fourth-order valence-electron chi connectivity index (χ4n) is 3.57. The molecule has 0 spiro atoms. The van der Waals surface area contributed by atoms with E-state index in [1.165, 1.54) is 5.69 Å². The van der Waals surface area contributed by atoms with Crippen molar-refractivity contribution < 1.29 is 4.74 Å². The molecule has 1 fully saturated rings. The Balaban J connectivity index is 2.37. The second-order valence-corrected chi connectivity index (χ2v) is 6.97. The summed E-state index contributed by atoms with van der Waals surface area (Å²) in [6.45, 7) is 12.9. The summed E-state index contributed by atoms with van der Waals surface area (Å²) in [7, 11) is 0. The molecule has 1 N–H and O–H groups in total. The fraction of sp³-hybridized carbons (Fsp3) is 0.812.